The first-order chi connectivity index (χ1) is 13.2. The summed E-state index contributed by atoms with van der Waals surface area (Å²) in [5, 5.41) is 1.47. The van der Waals surface area contributed by atoms with Crippen molar-refractivity contribution < 1.29 is 39.9 Å². The van der Waals surface area contributed by atoms with E-state index in [0.29, 0.717) is 6.07 Å². The maximum absolute atomic E-state index is 13.9. The highest BCUT2D eigenvalue weighted by molar-refractivity contribution is 6.31. The Hall–Kier alpha value is -2.57. The summed E-state index contributed by atoms with van der Waals surface area (Å²) >= 11 is 5.40. The Morgan fingerprint density at radius 3 is 2.28 bits per heavy atom. The normalized spacial score (nSPS) is 12.8. The molecule has 2 N–H and O–H groups in total. The fourth-order valence-electron chi connectivity index (χ4n) is 2.06. The van der Waals surface area contributed by atoms with E-state index in [4.69, 9.17) is 11.6 Å². The molecule has 0 fully saturated rings. The molecule has 0 aliphatic carbocycles. The molecule has 14 heteroatoms. The lowest BCUT2D eigenvalue weighted by atomic mass is 10.2. The SMILES string of the molecule is CCNc1nc(C(F)(F)C(F)(F)F)c(Oc2ccc(Cl)c(C(F)(F)F)c2)c(=O)[nH]1. The minimum atomic E-state index is -6.16. The maximum Gasteiger partial charge on any atom is 0.459 e. The van der Waals surface area contributed by atoms with Crippen LogP contribution >= 0.6 is 11.6 Å². The van der Waals surface area contributed by atoms with Crippen LogP contribution < -0.4 is 15.6 Å². The number of ether oxygens (including phenoxy) is 1. The van der Waals surface area contributed by atoms with Gasteiger partial charge in [-0.1, -0.05) is 11.6 Å². The lowest BCUT2D eigenvalue weighted by molar-refractivity contribution is -0.291. The minimum absolute atomic E-state index is 0.00625. The van der Waals surface area contributed by atoms with Crippen LogP contribution in [0, 0.1) is 0 Å². The molecule has 0 radical (unpaired) electrons. The second kappa shape index (κ2) is 7.69. The number of alkyl halides is 8. The van der Waals surface area contributed by atoms with Gasteiger partial charge in [0.1, 0.15) is 5.75 Å². The molecule has 2 aromatic rings. The van der Waals surface area contributed by atoms with Crippen molar-refractivity contribution in [3.63, 3.8) is 0 Å². The van der Waals surface area contributed by atoms with Gasteiger partial charge in [-0.2, -0.15) is 35.1 Å². The number of anilines is 1. The van der Waals surface area contributed by atoms with E-state index in [1.165, 1.54) is 6.92 Å². The lowest BCUT2D eigenvalue weighted by Crippen LogP contribution is -2.36. The van der Waals surface area contributed by atoms with Gasteiger partial charge in [-0.3, -0.25) is 9.78 Å². The highest BCUT2D eigenvalue weighted by Crippen LogP contribution is 2.46. The van der Waals surface area contributed by atoms with E-state index in [-0.39, 0.29) is 12.6 Å². The number of nitrogens with zero attached hydrogens (tertiary/aromatic N) is 1. The number of aromatic amines is 1. The summed E-state index contributed by atoms with van der Waals surface area (Å²) in [5.74, 6) is -8.83. The van der Waals surface area contributed by atoms with Crippen LogP contribution in [0.5, 0.6) is 11.5 Å². The highest BCUT2D eigenvalue weighted by Gasteiger charge is 2.62. The van der Waals surface area contributed by atoms with Crippen molar-refractivity contribution in [3.05, 3.63) is 44.8 Å². The molecular weight excluding hydrogens is 442 g/mol. The van der Waals surface area contributed by atoms with Gasteiger partial charge in [0.2, 0.25) is 11.7 Å². The van der Waals surface area contributed by atoms with Crippen LogP contribution in [0.4, 0.5) is 41.1 Å². The topological polar surface area (TPSA) is 67.0 Å². The van der Waals surface area contributed by atoms with Crippen LogP contribution in [-0.4, -0.2) is 22.7 Å². The summed E-state index contributed by atoms with van der Waals surface area (Å²) in [6.07, 6.45) is -11.1. The monoisotopic (exact) mass is 451 g/mol. The predicted molar refractivity (Wildman–Crippen MR) is 85.5 cm³/mol. The van der Waals surface area contributed by atoms with Crippen LogP contribution in [-0.2, 0) is 12.1 Å². The van der Waals surface area contributed by atoms with Gasteiger partial charge < -0.3 is 10.1 Å². The predicted octanol–water partition coefficient (Wildman–Crippen LogP) is 5.32. The van der Waals surface area contributed by atoms with Crippen molar-refractivity contribution in [2.24, 2.45) is 0 Å². The zero-order valence-electron chi connectivity index (χ0n) is 14.1. The van der Waals surface area contributed by atoms with Gasteiger partial charge in [-0.05, 0) is 25.1 Å². The number of aromatic nitrogens is 2. The third-order valence-electron chi connectivity index (χ3n) is 3.34. The molecule has 0 unspecified atom stereocenters. The minimum Gasteiger partial charge on any atom is -0.449 e. The molecule has 0 saturated carbocycles. The molecule has 0 atom stereocenters. The summed E-state index contributed by atoms with van der Waals surface area (Å²) in [6.45, 7) is 1.45. The Bertz CT molecular complexity index is 956. The Morgan fingerprint density at radius 1 is 1.14 bits per heavy atom. The number of nitrogens with one attached hydrogen (secondary N) is 2. The van der Waals surface area contributed by atoms with Crippen molar-refractivity contribution in [1.29, 1.82) is 0 Å². The highest BCUT2D eigenvalue weighted by atomic mass is 35.5. The number of hydrogen-bond acceptors (Lipinski definition) is 4. The first-order valence-electron chi connectivity index (χ1n) is 7.56. The summed E-state index contributed by atoms with van der Waals surface area (Å²) in [5.41, 5.74) is -5.14. The van der Waals surface area contributed by atoms with Gasteiger partial charge in [-0.15, -0.1) is 0 Å². The first kappa shape index (κ1) is 22.7. The molecule has 0 spiro atoms. The molecule has 2 rings (SSSR count). The number of hydrogen-bond donors (Lipinski definition) is 2. The van der Waals surface area contributed by atoms with E-state index in [9.17, 15) is 39.9 Å². The van der Waals surface area contributed by atoms with Crippen molar-refractivity contribution in [1.82, 2.24) is 9.97 Å². The van der Waals surface area contributed by atoms with Crippen molar-refractivity contribution in [2.45, 2.75) is 25.2 Å². The van der Waals surface area contributed by atoms with Gasteiger partial charge in [0.25, 0.3) is 5.56 Å². The standard InChI is InChI=1S/C15H10ClF8N3O2/c1-2-25-12-26-10(13(17,18)15(22,23)24)9(11(28)27-12)29-6-3-4-8(16)7(5-6)14(19,20)21/h3-5H,2H2,1H3,(H2,25,26,27,28). The van der Waals surface area contributed by atoms with E-state index in [1.807, 2.05) is 4.98 Å². The quantitative estimate of drug-likeness (QED) is 0.604. The summed E-state index contributed by atoms with van der Waals surface area (Å²) < 4.78 is 110. The molecule has 0 bridgehead atoms. The lowest BCUT2D eigenvalue weighted by Gasteiger charge is -2.21. The smallest absolute Gasteiger partial charge is 0.449 e. The van der Waals surface area contributed by atoms with E-state index in [1.54, 1.807) is 0 Å². The van der Waals surface area contributed by atoms with Crippen LogP contribution in [0.15, 0.2) is 23.0 Å². The molecule has 1 heterocycles. The number of benzene rings is 1. The van der Waals surface area contributed by atoms with E-state index >= 15 is 0 Å². The van der Waals surface area contributed by atoms with E-state index in [2.05, 4.69) is 15.0 Å². The second-order valence-electron chi connectivity index (χ2n) is 5.44. The largest absolute Gasteiger partial charge is 0.459 e. The summed E-state index contributed by atoms with van der Waals surface area (Å²) in [7, 11) is 0. The van der Waals surface area contributed by atoms with Crippen LogP contribution in [0.25, 0.3) is 0 Å². The fraction of sp³-hybridized carbons (Fsp3) is 0.333. The Balaban J connectivity index is 2.66. The number of halogens is 9. The zero-order valence-corrected chi connectivity index (χ0v) is 14.9. The molecule has 1 aromatic heterocycles. The van der Waals surface area contributed by atoms with Gasteiger partial charge in [-0.25, -0.2) is 4.98 Å². The Kier molecular flexibility index (Phi) is 6.02. The molecule has 1 aromatic carbocycles. The molecule has 0 saturated heterocycles. The van der Waals surface area contributed by atoms with Crippen molar-refractivity contribution in [2.75, 3.05) is 11.9 Å². The Labute approximate surface area is 161 Å². The van der Waals surface area contributed by atoms with Crippen LogP contribution in [0.2, 0.25) is 5.02 Å². The first-order valence-corrected chi connectivity index (χ1v) is 7.94. The summed E-state index contributed by atoms with van der Waals surface area (Å²) in [4.78, 5) is 17.0. The summed E-state index contributed by atoms with van der Waals surface area (Å²) in [6, 6.07) is 1.68. The molecular formula is C15H10ClF8N3O2. The Morgan fingerprint density at radius 2 is 1.76 bits per heavy atom. The molecule has 5 nitrogen and oxygen atoms in total. The molecule has 0 aliphatic rings. The second-order valence-corrected chi connectivity index (χ2v) is 5.84. The average Bonchev–Trinajstić information content (AvgIpc) is 2.56. The number of H-pyrrole nitrogens is 1. The van der Waals surface area contributed by atoms with Crippen molar-refractivity contribution >= 4 is 17.5 Å². The fourth-order valence-corrected chi connectivity index (χ4v) is 2.28. The third kappa shape index (κ3) is 4.71. The van der Waals surface area contributed by atoms with Gasteiger partial charge in [0.05, 0.1) is 10.6 Å². The van der Waals surface area contributed by atoms with Crippen LogP contribution in [0.1, 0.15) is 18.2 Å². The maximum atomic E-state index is 13.9. The zero-order chi connectivity index (χ0) is 22.2. The van der Waals surface area contributed by atoms with Gasteiger partial charge >= 0.3 is 18.3 Å². The molecule has 0 aliphatic heterocycles. The van der Waals surface area contributed by atoms with Gasteiger partial charge in [0, 0.05) is 6.54 Å². The van der Waals surface area contributed by atoms with Gasteiger partial charge in [0.15, 0.2) is 5.69 Å². The van der Waals surface area contributed by atoms with E-state index in [0.717, 1.165) is 6.07 Å². The third-order valence-corrected chi connectivity index (χ3v) is 3.67. The van der Waals surface area contributed by atoms with Crippen molar-refractivity contribution in [3.8, 4) is 11.5 Å². The van der Waals surface area contributed by atoms with E-state index < -0.39 is 57.6 Å². The molecule has 160 valence electrons. The number of rotatable bonds is 5. The van der Waals surface area contributed by atoms with Crippen LogP contribution in [0.3, 0.4) is 0 Å². The molecule has 0 amide bonds. The average molecular weight is 452 g/mol. The molecule has 29 heavy (non-hydrogen) atoms.